The lowest BCUT2D eigenvalue weighted by atomic mass is 9.94. The van der Waals surface area contributed by atoms with Crippen LogP contribution in [0.15, 0.2) is 42.5 Å². The van der Waals surface area contributed by atoms with E-state index in [0.29, 0.717) is 5.75 Å². The Kier molecular flexibility index (Phi) is 2.37. The standard InChI is InChI=1S/C15H15NO/c1-10-3-2-4-12-9-16-15(14(10)12)11-5-7-13(17)8-6-11/h2-8,15-17H,9H2,1H3. The lowest BCUT2D eigenvalue weighted by molar-refractivity contribution is 0.475. The van der Waals surface area contributed by atoms with Gasteiger partial charge in [-0.1, -0.05) is 30.3 Å². The molecule has 1 unspecified atom stereocenters. The number of aryl methyl sites for hydroxylation is 1. The first-order valence-electron chi connectivity index (χ1n) is 5.86. The zero-order valence-corrected chi connectivity index (χ0v) is 9.77. The average Bonchev–Trinajstić information content (AvgIpc) is 2.75. The summed E-state index contributed by atoms with van der Waals surface area (Å²) in [5.41, 5.74) is 5.29. The van der Waals surface area contributed by atoms with Crippen molar-refractivity contribution in [2.75, 3.05) is 0 Å². The summed E-state index contributed by atoms with van der Waals surface area (Å²) in [5, 5.41) is 12.8. The maximum absolute atomic E-state index is 9.33. The van der Waals surface area contributed by atoms with Crippen molar-refractivity contribution in [1.82, 2.24) is 5.32 Å². The molecule has 0 bridgehead atoms. The quantitative estimate of drug-likeness (QED) is 0.782. The first kappa shape index (κ1) is 10.4. The summed E-state index contributed by atoms with van der Waals surface area (Å²) in [7, 11) is 0. The number of fused-ring (bicyclic) bond motifs is 1. The van der Waals surface area contributed by atoms with Crippen molar-refractivity contribution in [3.8, 4) is 5.75 Å². The molecule has 2 N–H and O–H groups in total. The number of aromatic hydroxyl groups is 1. The number of phenolic OH excluding ortho intramolecular Hbond substituents is 1. The van der Waals surface area contributed by atoms with E-state index in [-0.39, 0.29) is 6.04 Å². The van der Waals surface area contributed by atoms with E-state index in [4.69, 9.17) is 0 Å². The molecule has 2 aromatic rings. The summed E-state index contributed by atoms with van der Waals surface area (Å²) in [6, 6.07) is 14.1. The third-order valence-corrected chi connectivity index (χ3v) is 3.43. The molecule has 2 heteroatoms. The fraction of sp³-hybridized carbons (Fsp3) is 0.200. The second kappa shape index (κ2) is 3.90. The molecule has 17 heavy (non-hydrogen) atoms. The molecule has 1 heterocycles. The molecule has 0 aromatic heterocycles. The van der Waals surface area contributed by atoms with Crippen molar-refractivity contribution >= 4 is 0 Å². The topological polar surface area (TPSA) is 32.3 Å². The van der Waals surface area contributed by atoms with Crippen LogP contribution in [0.3, 0.4) is 0 Å². The zero-order valence-electron chi connectivity index (χ0n) is 9.77. The Morgan fingerprint density at radius 3 is 2.65 bits per heavy atom. The second-order valence-corrected chi connectivity index (χ2v) is 4.55. The van der Waals surface area contributed by atoms with Gasteiger partial charge in [-0.3, -0.25) is 0 Å². The Labute approximate surface area is 101 Å². The van der Waals surface area contributed by atoms with E-state index in [1.807, 2.05) is 12.1 Å². The van der Waals surface area contributed by atoms with E-state index in [1.165, 1.54) is 22.3 Å². The Bertz CT molecular complexity index is 545. The third kappa shape index (κ3) is 1.71. The molecule has 1 aliphatic rings. The maximum Gasteiger partial charge on any atom is 0.115 e. The van der Waals surface area contributed by atoms with Crippen molar-refractivity contribution in [3.63, 3.8) is 0 Å². The minimum Gasteiger partial charge on any atom is -0.508 e. The van der Waals surface area contributed by atoms with E-state index in [2.05, 4.69) is 30.4 Å². The van der Waals surface area contributed by atoms with Crippen molar-refractivity contribution in [2.45, 2.75) is 19.5 Å². The summed E-state index contributed by atoms with van der Waals surface area (Å²) >= 11 is 0. The Balaban J connectivity index is 2.06. The van der Waals surface area contributed by atoms with Crippen LogP contribution >= 0.6 is 0 Å². The predicted octanol–water partition coefficient (Wildman–Crippen LogP) is 2.89. The summed E-state index contributed by atoms with van der Waals surface area (Å²) in [6.45, 7) is 3.07. The van der Waals surface area contributed by atoms with Crippen LogP contribution in [0.25, 0.3) is 0 Å². The monoisotopic (exact) mass is 225 g/mol. The molecule has 2 nitrogen and oxygen atoms in total. The number of nitrogens with one attached hydrogen (secondary N) is 1. The predicted molar refractivity (Wildman–Crippen MR) is 68.0 cm³/mol. The molecule has 3 rings (SSSR count). The van der Waals surface area contributed by atoms with Crippen LogP contribution in [-0.4, -0.2) is 5.11 Å². The first-order chi connectivity index (χ1) is 8.25. The van der Waals surface area contributed by atoms with Crippen molar-refractivity contribution in [1.29, 1.82) is 0 Å². The molecule has 1 aliphatic heterocycles. The molecular weight excluding hydrogens is 210 g/mol. The average molecular weight is 225 g/mol. The third-order valence-electron chi connectivity index (χ3n) is 3.43. The van der Waals surface area contributed by atoms with Gasteiger partial charge in [0.25, 0.3) is 0 Å². The highest BCUT2D eigenvalue weighted by Gasteiger charge is 2.24. The lowest BCUT2D eigenvalue weighted by Gasteiger charge is -2.14. The van der Waals surface area contributed by atoms with Gasteiger partial charge in [0.15, 0.2) is 0 Å². The van der Waals surface area contributed by atoms with Gasteiger partial charge in [0.1, 0.15) is 5.75 Å². The van der Waals surface area contributed by atoms with Gasteiger partial charge in [0, 0.05) is 6.54 Å². The van der Waals surface area contributed by atoms with Crippen LogP contribution in [0, 0.1) is 6.92 Å². The van der Waals surface area contributed by atoms with E-state index in [0.717, 1.165) is 6.54 Å². The fourth-order valence-electron chi connectivity index (χ4n) is 2.57. The zero-order chi connectivity index (χ0) is 11.8. The minimum absolute atomic E-state index is 0.256. The number of hydrogen-bond donors (Lipinski definition) is 2. The van der Waals surface area contributed by atoms with Gasteiger partial charge in [-0.15, -0.1) is 0 Å². The van der Waals surface area contributed by atoms with Crippen molar-refractivity contribution in [3.05, 3.63) is 64.7 Å². The summed E-state index contributed by atoms with van der Waals surface area (Å²) in [4.78, 5) is 0. The van der Waals surface area contributed by atoms with Crippen LogP contribution in [0.1, 0.15) is 28.3 Å². The molecule has 0 radical (unpaired) electrons. The highest BCUT2D eigenvalue weighted by atomic mass is 16.3. The molecule has 0 saturated carbocycles. The molecule has 86 valence electrons. The van der Waals surface area contributed by atoms with Gasteiger partial charge in [-0.05, 0) is 41.3 Å². The van der Waals surface area contributed by atoms with Gasteiger partial charge in [-0.2, -0.15) is 0 Å². The summed E-state index contributed by atoms with van der Waals surface area (Å²) < 4.78 is 0. The van der Waals surface area contributed by atoms with Gasteiger partial charge in [-0.25, -0.2) is 0 Å². The minimum atomic E-state index is 0.256. The van der Waals surface area contributed by atoms with E-state index in [1.54, 1.807) is 12.1 Å². The second-order valence-electron chi connectivity index (χ2n) is 4.55. The summed E-state index contributed by atoms with van der Waals surface area (Å²) in [5.74, 6) is 0.316. The van der Waals surface area contributed by atoms with Gasteiger partial charge >= 0.3 is 0 Å². The summed E-state index contributed by atoms with van der Waals surface area (Å²) in [6.07, 6.45) is 0. The largest absolute Gasteiger partial charge is 0.508 e. The van der Waals surface area contributed by atoms with Crippen LogP contribution in [0.2, 0.25) is 0 Å². The smallest absolute Gasteiger partial charge is 0.115 e. The van der Waals surface area contributed by atoms with E-state index >= 15 is 0 Å². The van der Waals surface area contributed by atoms with Crippen molar-refractivity contribution < 1.29 is 5.11 Å². The van der Waals surface area contributed by atoms with Crippen LogP contribution in [0.4, 0.5) is 0 Å². The SMILES string of the molecule is Cc1cccc2c1C(c1ccc(O)cc1)NC2. The molecule has 0 saturated heterocycles. The molecule has 0 amide bonds. The molecule has 0 spiro atoms. The number of hydrogen-bond acceptors (Lipinski definition) is 2. The molecule has 1 atom stereocenters. The van der Waals surface area contributed by atoms with E-state index < -0.39 is 0 Å². The van der Waals surface area contributed by atoms with Crippen LogP contribution in [-0.2, 0) is 6.54 Å². The Morgan fingerprint density at radius 1 is 1.12 bits per heavy atom. The maximum atomic E-state index is 9.33. The highest BCUT2D eigenvalue weighted by molar-refractivity contribution is 5.46. The first-order valence-corrected chi connectivity index (χ1v) is 5.86. The molecule has 0 aliphatic carbocycles. The molecule has 0 fully saturated rings. The van der Waals surface area contributed by atoms with Gasteiger partial charge < -0.3 is 10.4 Å². The van der Waals surface area contributed by atoms with Crippen molar-refractivity contribution in [2.24, 2.45) is 0 Å². The normalized spacial score (nSPS) is 18.1. The Hall–Kier alpha value is -1.80. The Morgan fingerprint density at radius 2 is 1.88 bits per heavy atom. The van der Waals surface area contributed by atoms with Gasteiger partial charge in [0.05, 0.1) is 6.04 Å². The van der Waals surface area contributed by atoms with Crippen LogP contribution < -0.4 is 5.32 Å². The molecule has 2 aromatic carbocycles. The number of benzene rings is 2. The fourth-order valence-corrected chi connectivity index (χ4v) is 2.57. The highest BCUT2D eigenvalue weighted by Crippen LogP contribution is 2.33. The van der Waals surface area contributed by atoms with Gasteiger partial charge in [0.2, 0.25) is 0 Å². The molecular formula is C15H15NO. The van der Waals surface area contributed by atoms with E-state index in [9.17, 15) is 5.11 Å². The number of rotatable bonds is 1. The van der Waals surface area contributed by atoms with Crippen LogP contribution in [0.5, 0.6) is 5.75 Å². The number of phenols is 1. The lowest BCUT2D eigenvalue weighted by Crippen LogP contribution is -2.13.